The fourth-order valence-corrected chi connectivity index (χ4v) is 6.94. The first-order chi connectivity index (χ1) is 20.5. The van der Waals surface area contributed by atoms with Gasteiger partial charge in [-0.05, 0) is 69.8 Å². The zero-order valence-corrected chi connectivity index (χ0v) is 22.0. The van der Waals surface area contributed by atoms with E-state index in [2.05, 4.69) is 29.2 Å². The largest absolute Gasteiger partial charge is 0.307 e. The van der Waals surface area contributed by atoms with Crippen LogP contribution in [0.2, 0.25) is 0 Å². The Labute approximate surface area is 239 Å². The number of fused-ring (bicyclic) bond motifs is 10. The molecule has 1 atom stereocenters. The third-order valence-electron chi connectivity index (χ3n) is 8.39. The third-order valence-corrected chi connectivity index (χ3v) is 8.39. The number of anilines is 3. The lowest BCUT2D eigenvalue weighted by atomic mass is 9.71. The van der Waals surface area contributed by atoms with Gasteiger partial charge in [0, 0.05) is 35.7 Å². The highest BCUT2D eigenvalue weighted by Crippen LogP contribution is 2.64. The maximum Gasteiger partial charge on any atom is 0.150 e. The molecule has 2 aliphatic rings. The van der Waals surface area contributed by atoms with Crippen molar-refractivity contribution in [3.8, 4) is 22.3 Å². The fourth-order valence-electron chi connectivity index (χ4n) is 6.94. The normalized spacial score (nSPS) is 15.7. The van der Waals surface area contributed by atoms with Gasteiger partial charge >= 0.3 is 0 Å². The molecule has 2 nitrogen and oxygen atoms in total. The van der Waals surface area contributed by atoms with Crippen molar-refractivity contribution in [2.24, 2.45) is 0 Å². The first-order valence-corrected chi connectivity index (χ1v) is 13.5. The summed E-state index contributed by atoms with van der Waals surface area (Å²) in [5, 5.41) is 0. The molecule has 42 heavy (non-hydrogen) atoms. The topological polar surface area (TPSA) is 16.1 Å². The van der Waals surface area contributed by atoms with Gasteiger partial charge in [-0.1, -0.05) is 60.7 Å². The van der Waals surface area contributed by atoms with Crippen LogP contribution in [0.25, 0.3) is 22.3 Å². The molecule has 8 rings (SSSR count). The molecular formula is C36H20F4N2. The minimum atomic E-state index is -0.860. The maximum absolute atomic E-state index is 15.5. The van der Waals surface area contributed by atoms with Crippen LogP contribution in [0.4, 0.5) is 34.6 Å². The number of hydrogen-bond acceptors (Lipinski definition) is 2. The van der Waals surface area contributed by atoms with Crippen molar-refractivity contribution in [2.75, 3.05) is 4.90 Å². The van der Waals surface area contributed by atoms with Crippen LogP contribution < -0.4 is 4.90 Å². The third kappa shape index (κ3) is 3.23. The van der Waals surface area contributed by atoms with E-state index in [0.717, 1.165) is 74.8 Å². The Balaban J connectivity index is 1.50. The Morgan fingerprint density at radius 3 is 1.95 bits per heavy atom. The molecule has 0 amide bonds. The Morgan fingerprint density at radius 2 is 1.19 bits per heavy atom. The number of rotatable bonds is 3. The molecule has 1 aromatic heterocycles. The second-order valence-electron chi connectivity index (χ2n) is 10.5. The molecule has 0 saturated carbocycles. The van der Waals surface area contributed by atoms with Crippen LogP contribution in [-0.4, -0.2) is 4.98 Å². The summed E-state index contributed by atoms with van der Waals surface area (Å²) < 4.78 is 58.9. The Kier molecular flexibility index (Phi) is 5.19. The van der Waals surface area contributed by atoms with Crippen LogP contribution in [0.3, 0.4) is 0 Å². The van der Waals surface area contributed by atoms with E-state index in [1.54, 1.807) is 12.3 Å². The Morgan fingerprint density at radius 1 is 0.524 bits per heavy atom. The molecular weight excluding hydrogens is 536 g/mol. The van der Waals surface area contributed by atoms with Gasteiger partial charge in [-0.3, -0.25) is 4.98 Å². The van der Waals surface area contributed by atoms with Crippen LogP contribution in [0.5, 0.6) is 0 Å². The number of hydrogen-bond donors (Lipinski definition) is 0. The smallest absolute Gasteiger partial charge is 0.150 e. The van der Waals surface area contributed by atoms with Crippen molar-refractivity contribution in [2.45, 2.75) is 5.41 Å². The molecule has 5 aromatic carbocycles. The van der Waals surface area contributed by atoms with E-state index < -0.39 is 28.7 Å². The van der Waals surface area contributed by atoms with Gasteiger partial charge in [-0.2, -0.15) is 0 Å². The van der Waals surface area contributed by atoms with E-state index in [9.17, 15) is 13.2 Å². The van der Waals surface area contributed by atoms with E-state index in [4.69, 9.17) is 0 Å². The van der Waals surface area contributed by atoms with Crippen molar-refractivity contribution >= 4 is 17.1 Å². The molecule has 1 unspecified atom stereocenters. The predicted molar refractivity (Wildman–Crippen MR) is 155 cm³/mol. The number of halogens is 4. The molecule has 0 saturated heterocycles. The quantitative estimate of drug-likeness (QED) is 0.202. The Bertz CT molecular complexity index is 2000. The lowest BCUT2D eigenvalue weighted by molar-refractivity contribution is 0.579. The number of nitrogens with zero attached hydrogens (tertiary/aromatic N) is 2. The first-order valence-electron chi connectivity index (χ1n) is 13.5. The summed E-state index contributed by atoms with van der Waals surface area (Å²) in [6.07, 6.45) is 3.66. The molecule has 2 aliphatic carbocycles. The van der Waals surface area contributed by atoms with E-state index in [-0.39, 0.29) is 11.4 Å². The summed E-state index contributed by atoms with van der Waals surface area (Å²) in [5.41, 5.74) is 7.78. The monoisotopic (exact) mass is 556 g/mol. The van der Waals surface area contributed by atoms with Crippen LogP contribution >= 0.6 is 0 Å². The molecule has 0 N–H and O–H groups in total. The van der Waals surface area contributed by atoms with E-state index in [1.807, 2.05) is 48.7 Å². The summed E-state index contributed by atoms with van der Waals surface area (Å²) in [6.45, 7) is 0. The Hall–Kier alpha value is -5.23. The van der Waals surface area contributed by atoms with Crippen LogP contribution in [0.1, 0.15) is 22.3 Å². The minimum absolute atomic E-state index is 0.0374. The van der Waals surface area contributed by atoms with Gasteiger partial charge in [-0.25, -0.2) is 17.6 Å². The summed E-state index contributed by atoms with van der Waals surface area (Å²) in [7, 11) is 0. The average Bonchev–Trinajstić information content (AvgIpc) is 3.46. The summed E-state index contributed by atoms with van der Waals surface area (Å²) in [5.74, 6) is -3.24. The van der Waals surface area contributed by atoms with Crippen molar-refractivity contribution in [1.29, 1.82) is 0 Å². The highest BCUT2D eigenvalue weighted by molar-refractivity contribution is 6.00. The molecule has 0 radical (unpaired) electrons. The summed E-state index contributed by atoms with van der Waals surface area (Å²) in [6, 6.07) is 30.3. The minimum Gasteiger partial charge on any atom is -0.307 e. The molecule has 0 fully saturated rings. The highest BCUT2D eigenvalue weighted by atomic mass is 19.1. The van der Waals surface area contributed by atoms with Gasteiger partial charge in [0.15, 0.2) is 0 Å². The molecule has 1 heterocycles. The molecule has 6 aromatic rings. The molecule has 0 bridgehead atoms. The van der Waals surface area contributed by atoms with E-state index in [1.165, 1.54) is 11.0 Å². The fraction of sp³-hybridized carbons (Fsp3) is 0.0278. The molecule has 1 spiro atoms. The first kappa shape index (κ1) is 24.6. The van der Waals surface area contributed by atoms with Crippen molar-refractivity contribution < 1.29 is 17.6 Å². The van der Waals surface area contributed by atoms with Crippen molar-refractivity contribution in [3.63, 3.8) is 0 Å². The lowest BCUT2D eigenvalue weighted by Crippen LogP contribution is -2.26. The van der Waals surface area contributed by atoms with E-state index in [0.29, 0.717) is 5.69 Å². The van der Waals surface area contributed by atoms with Gasteiger partial charge in [0.25, 0.3) is 0 Å². The summed E-state index contributed by atoms with van der Waals surface area (Å²) in [4.78, 5) is 5.89. The van der Waals surface area contributed by atoms with Gasteiger partial charge in [0.05, 0.1) is 22.5 Å². The van der Waals surface area contributed by atoms with Gasteiger partial charge in [-0.15, -0.1) is 0 Å². The SMILES string of the molecule is Fc1cc(F)cc(N(c2ccc(F)cc2F)c2cccc3c2-c2ccccc2C32c3ccccc3-c3cnccc32)c1. The van der Waals surface area contributed by atoms with Gasteiger partial charge in [0.1, 0.15) is 23.3 Å². The molecule has 0 aliphatic heterocycles. The van der Waals surface area contributed by atoms with Crippen molar-refractivity contribution in [3.05, 3.63) is 167 Å². The lowest BCUT2D eigenvalue weighted by Gasteiger charge is -2.31. The standard InChI is InChI=1S/C36H20F4N2/c37-21-12-13-33(32(40)19-21)42(24-17-22(38)16-23(39)18-24)34-11-5-10-31-35(34)26-7-2-4-9-29(26)36(31)28-8-3-1-6-25(28)27-20-41-15-14-30(27)36/h1-20H. The summed E-state index contributed by atoms with van der Waals surface area (Å²) >= 11 is 0. The van der Waals surface area contributed by atoms with Crippen LogP contribution in [0, 0.1) is 23.3 Å². The van der Waals surface area contributed by atoms with Gasteiger partial charge in [0.2, 0.25) is 0 Å². The highest BCUT2D eigenvalue weighted by Gasteiger charge is 2.52. The average molecular weight is 557 g/mol. The predicted octanol–water partition coefficient (Wildman–Crippen LogP) is 9.45. The second kappa shape index (κ2) is 8.88. The number of pyridine rings is 1. The molecule has 202 valence electrons. The number of benzene rings is 5. The van der Waals surface area contributed by atoms with Crippen molar-refractivity contribution in [1.82, 2.24) is 4.98 Å². The molecule has 6 heteroatoms. The number of aromatic nitrogens is 1. The second-order valence-corrected chi connectivity index (χ2v) is 10.5. The zero-order valence-electron chi connectivity index (χ0n) is 22.0. The van der Waals surface area contributed by atoms with Crippen LogP contribution in [-0.2, 0) is 5.41 Å². The zero-order chi connectivity index (χ0) is 28.6. The van der Waals surface area contributed by atoms with Gasteiger partial charge < -0.3 is 4.90 Å². The maximum atomic E-state index is 15.5. The van der Waals surface area contributed by atoms with E-state index >= 15 is 4.39 Å². The van der Waals surface area contributed by atoms with Crippen LogP contribution in [0.15, 0.2) is 122 Å².